The quantitative estimate of drug-likeness (QED) is 0.147. The minimum atomic E-state index is -1.03. The molecule has 7 nitrogen and oxygen atoms in total. The highest BCUT2D eigenvalue weighted by Crippen LogP contribution is 2.21. The van der Waals surface area contributed by atoms with Crippen LogP contribution in [0.3, 0.4) is 0 Å². The summed E-state index contributed by atoms with van der Waals surface area (Å²) in [5.41, 5.74) is 2.36. The molecule has 2 amide bonds. The Labute approximate surface area is 260 Å². The first-order valence-corrected chi connectivity index (χ1v) is 16.7. The summed E-state index contributed by atoms with van der Waals surface area (Å²) < 4.78 is 0. The average Bonchev–Trinajstić information content (AvgIpc) is 3.01. The standard InChI is InChI=1S/C35H47N3O4S/c1-4-26(2)32(37-33(39)20-11-8-15-27-13-6-5-7-14-27)24-38(25-34(40)36-31(35(41)42)21-22-43-3)23-29-18-12-17-28-16-9-10-19-30(28)29/h5-7,9-10,12-14,16-19,26,31-32H,4,8,11,15,20-25H2,1-3H3,(H,36,40)(H,37,39)(H,41,42)/t26-,31-,32+/m0/s1. The van der Waals surface area contributed by atoms with E-state index in [9.17, 15) is 19.5 Å². The van der Waals surface area contributed by atoms with Crippen LogP contribution in [0.5, 0.6) is 0 Å². The summed E-state index contributed by atoms with van der Waals surface area (Å²) in [4.78, 5) is 40.1. The van der Waals surface area contributed by atoms with Crippen molar-refractivity contribution in [1.29, 1.82) is 0 Å². The number of nitrogens with zero attached hydrogens (tertiary/aromatic N) is 1. The highest BCUT2D eigenvalue weighted by atomic mass is 32.2. The Kier molecular flexibility index (Phi) is 14.6. The van der Waals surface area contributed by atoms with Crippen LogP contribution in [0, 0.1) is 5.92 Å². The lowest BCUT2D eigenvalue weighted by atomic mass is 9.97. The number of fused-ring (bicyclic) bond motifs is 1. The van der Waals surface area contributed by atoms with Gasteiger partial charge in [-0.15, -0.1) is 0 Å². The van der Waals surface area contributed by atoms with Crippen molar-refractivity contribution in [2.24, 2.45) is 5.92 Å². The Balaban J connectivity index is 1.72. The number of carbonyl (C=O) groups excluding carboxylic acids is 2. The van der Waals surface area contributed by atoms with Crippen molar-refractivity contribution in [2.75, 3.05) is 25.1 Å². The Hall–Kier alpha value is -3.36. The molecule has 3 N–H and O–H groups in total. The Bertz CT molecular complexity index is 1300. The zero-order chi connectivity index (χ0) is 31.0. The van der Waals surface area contributed by atoms with Gasteiger partial charge in [-0.2, -0.15) is 11.8 Å². The molecule has 0 radical (unpaired) electrons. The minimum absolute atomic E-state index is 0.0240. The third-order valence-electron chi connectivity index (χ3n) is 7.98. The van der Waals surface area contributed by atoms with E-state index in [0.29, 0.717) is 31.7 Å². The second-order valence-corrected chi connectivity index (χ2v) is 12.3. The van der Waals surface area contributed by atoms with E-state index in [-0.39, 0.29) is 30.3 Å². The van der Waals surface area contributed by atoms with Crippen LogP contribution >= 0.6 is 11.8 Å². The number of benzene rings is 3. The molecule has 0 aliphatic carbocycles. The molecule has 0 unspecified atom stereocenters. The number of aliphatic carboxylic acids is 1. The maximum Gasteiger partial charge on any atom is 0.326 e. The fourth-order valence-electron chi connectivity index (χ4n) is 5.26. The van der Waals surface area contributed by atoms with Crippen molar-refractivity contribution in [3.8, 4) is 0 Å². The number of amides is 2. The molecule has 0 aliphatic rings. The highest BCUT2D eigenvalue weighted by molar-refractivity contribution is 7.98. The Morgan fingerprint density at radius 3 is 2.35 bits per heavy atom. The van der Waals surface area contributed by atoms with E-state index in [1.807, 2.05) is 47.6 Å². The molecule has 0 heterocycles. The molecule has 0 saturated carbocycles. The van der Waals surface area contributed by atoms with Gasteiger partial charge in [0.25, 0.3) is 0 Å². The zero-order valence-electron chi connectivity index (χ0n) is 25.8. The third-order valence-corrected chi connectivity index (χ3v) is 8.62. The summed E-state index contributed by atoms with van der Waals surface area (Å²) in [6.45, 7) is 5.24. The molecule has 3 aromatic carbocycles. The average molecular weight is 606 g/mol. The molecular formula is C35H47N3O4S. The molecule has 43 heavy (non-hydrogen) atoms. The first-order chi connectivity index (χ1) is 20.8. The lowest BCUT2D eigenvalue weighted by Gasteiger charge is -2.31. The fourth-order valence-corrected chi connectivity index (χ4v) is 5.73. The van der Waals surface area contributed by atoms with Crippen LogP contribution in [-0.2, 0) is 27.3 Å². The smallest absolute Gasteiger partial charge is 0.326 e. The molecule has 8 heteroatoms. The monoisotopic (exact) mass is 605 g/mol. The number of unbranched alkanes of at least 4 members (excludes halogenated alkanes) is 1. The van der Waals surface area contributed by atoms with Crippen molar-refractivity contribution in [2.45, 2.75) is 71.0 Å². The predicted octanol–water partition coefficient (Wildman–Crippen LogP) is 5.91. The topological polar surface area (TPSA) is 98.7 Å². The fraction of sp³-hybridized carbons (Fsp3) is 0.457. The summed E-state index contributed by atoms with van der Waals surface area (Å²) in [6.07, 6.45) is 6.32. The molecule has 3 aromatic rings. The van der Waals surface area contributed by atoms with Gasteiger partial charge in [0.1, 0.15) is 6.04 Å². The van der Waals surface area contributed by atoms with Gasteiger partial charge in [0.15, 0.2) is 0 Å². The predicted molar refractivity (Wildman–Crippen MR) is 177 cm³/mol. The van der Waals surface area contributed by atoms with Crippen LogP contribution < -0.4 is 10.6 Å². The Morgan fingerprint density at radius 2 is 1.63 bits per heavy atom. The molecule has 0 saturated heterocycles. The molecule has 0 aromatic heterocycles. The molecule has 232 valence electrons. The van der Waals surface area contributed by atoms with E-state index in [4.69, 9.17) is 0 Å². The number of hydrogen-bond donors (Lipinski definition) is 3. The summed E-state index contributed by atoms with van der Waals surface area (Å²) in [7, 11) is 0. The summed E-state index contributed by atoms with van der Waals surface area (Å²) in [6, 6.07) is 23.5. The summed E-state index contributed by atoms with van der Waals surface area (Å²) >= 11 is 1.55. The maximum absolute atomic E-state index is 13.2. The van der Waals surface area contributed by atoms with Crippen LogP contribution in [0.1, 0.15) is 57.1 Å². The highest BCUT2D eigenvalue weighted by Gasteiger charge is 2.25. The third kappa shape index (κ3) is 11.7. The van der Waals surface area contributed by atoms with Crippen molar-refractivity contribution < 1.29 is 19.5 Å². The van der Waals surface area contributed by atoms with Gasteiger partial charge in [-0.3, -0.25) is 14.5 Å². The second kappa shape index (κ2) is 18.3. The number of carbonyl (C=O) groups is 3. The van der Waals surface area contributed by atoms with Crippen molar-refractivity contribution >= 4 is 40.3 Å². The normalized spacial score (nSPS) is 13.4. The number of rotatable bonds is 19. The maximum atomic E-state index is 13.2. The van der Waals surface area contributed by atoms with Crippen molar-refractivity contribution in [3.05, 3.63) is 83.9 Å². The van der Waals surface area contributed by atoms with Crippen LogP contribution in [-0.4, -0.2) is 65.0 Å². The van der Waals surface area contributed by atoms with E-state index in [2.05, 4.69) is 60.9 Å². The molecule has 0 aliphatic heterocycles. The van der Waals surface area contributed by atoms with E-state index in [1.54, 1.807) is 11.8 Å². The molecule has 3 rings (SSSR count). The van der Waals surface area contributed by atoms with Gasteiger partial charge < -0.3 is 15.7 Å². The number of carboxylic acids is 1. The number of aryl methyl sites for hydroxylation is 1. The van der Waals surface area contributed by atoms with Crippen LogP contribution in [0.25, 0.3) is 10.8 Å². The van der Waals surface area contributed by atoms with Gasteiger partial charge in [-0.05, 0) is 65.5 Å². The summed E-state index contributed by atoms with van der Waals surface area (Å²) in [5.74, 6) is -0.496. The largest absolute Gasteiger partial charge is 0.480 e. The lowest BCUT2D eigenvalue weighted by molar-refractivity contribution is -0.142. The second-order valence-electron chi connectivity index (χ2n) is 11.3. The summed E-state index contributed by atoms with van der Waals surface area (Å²) in [5, 5.41) is 17.9. The zero-order valence-corrected chi connectivity index (χ0v) is 26.6. The van der Waals surface area contributed by atoms with Crippen molar-refractivity contribution in [3.63, 3.8) is 0 Å². The van der Waals surface area contributed by atoms with E-state index in [1.165, 1.54) is 5.56 Å². The van der Waals surface area contributed by atoms with Crippen LogP contribution in [0.2, 0.25) is 0 Å². The van der Waals surface area contributed by atoms with Gasteiger partial charge in [0.2, 0.25) is 11.8 Å². The van der Waals surface area contributed by atoms with Gasteiger partial charge in [-0.25, -0.2) is 4.79 Å². The van der Waals surface area contributed by atoms with E-state index >= 15 is 0 Å². The Morgan fingerprint density at radius 1 is 0.907 bits per heavy atom. The van der Waals surface area contributed by atoms with Crippen molar-refractivity contribution in [1.82, 2.24) is 15.5 Å². The minimum Gasteiger partial charge on any atom is -0.480 e. The number of thioether (sulfide) groups is 1. The van der Waals surface area contributed by atoms with Gasteiger partial charge >= 0.3 is 5.97 Å². The van der Waals surface area contributed by atoms with Gasteiger partial charge in [0, 0.05) is 25.6 Å². The number of carboxylic acid groups (broad SMARTS) is 1. The lowest BCUT2D eigenvalue weighted by Crippen LogP contribution is -2.50. The molecule has 3 atom stereocenters. The molecular weight excluding hydrogens is 558 g/mol. The molecule has 0 spiro atoms. The number of nitrogens with one attached hydrogen (secondary N) is 2. The SMILES string of the molecule is CC[C@H](C)[C@@H](CN(CC(=O)N[C@@H](CCSC)C(=O)O)Cc1cccc2ccccc12)NC(=O)CCCCc1ccccc1. The van der Waals surface area contributed by atoms with E-state index < -0.39 is 12.0 Å². The first kappa shape index (κ1) is 34.1. The molecule has 0 bridgehead atoms. The van der Waals surface area contributed by atoms with Crippen LogP contribution in [0.4, 0.5) is 0 Å². The molecule has 0 fully saturated rings. The van der Waals surface area contributed by atoms with Crippen LogP contribution in [0.15, 0.2) is 72.8 Å². The number of hydrogen-bond acceptors (Lipinski definition) is 5. The first-order valence-electron chi connectivity index (χ1n) is 15.3. The van der Waals surface area contributed by atoms with E-state index in [0.717, 1.165) is 42.0 Å². The van der Waals surface area contributed by atoms with Gasteiger partial charge in [-0.1, -0.05) is 93.1 Å². The van der Waals surface area contributed by atoms with Gasteiger partial charge in [0.05, 0.1) is 6.54 Å².